The second-order valence-corrected chi connectivity index (χ2v) is 29.6. The van der Waals surface area contributed by atoms with E-state index in [1.807, 2.05) is 48.5 Å². The molecule has 0 radical (unpaired) electrons. The van der Waals surface area contributed by atoms with Crippen LogP contribution in [0.3, 0.4) is 0 Å². The number of para-hydroxylation sites is 6. The fourth-order valence-electron chi connectivity index (χ4n) is 18.3. The first kappa shape index (κ1) is 64.6. The molecule has 4 nitrogen and oxygen atoms in total. The number of furan rings is 4. The zero-order valence-corrected chi connectivity index (χ0v) is 61.4. The van der Waals surface area contributed by atoms with Crippen molar-refractivity contribution in [3.05, 3.63) is 387 Å². The minimum Gasteiger partial charge on any atom is -0.456 e. The predicted molar refractivity (Wildman–Crippen MR) is 473 cm³/mol. The van der Waals surface area contributed by atoms with Gasteiger partial charge in [0.1, 0.15) is 44.7 Å². The molecule has 4 aromatic heterocycles. The number of aryl methyl sites for hydroxylation is 2. The zero-order chi connectivity index (χ0) is 74.1. The fraction of sp³-hybridized carbons (Fsp3) is 0.0185. The largest absolute Gasteiger partial charge is 0.456 e. The Hall–Kier alpha value is -14.6. The van der Waals surface area contributed by atoms with Crippen molar-refractivity contribution in [2.45, 2.75) is 13.8 Å². The van der Waals surface area contributed by atoms with E-state index in [2.05, 4.69) is 341 Å². The van der Waals surface area contributed by atoms with Gasteiger partial charge in [-0.1, -0.05) is 333 Å². The monoisotopic (exact) mass is 1430 g/mol. The van der Waals surface area contributed by atoms with E-state index < -0.39 is 0 Å². The Morgan fingerprint density at radius 1 is 0.152 bits per heavy atom. The van der Waals surface area contributed by atoms with Gasteiger partial charge >= 0.3 is 0 Å². The first-order valence-electron chi connectivity index (χ1n) is 38.4. The number of benzene rings is 20. The summed E-state index contributed by atoms with van der Waals surface area (Å²) in [4.78, 5) is 0. The highest BCUT2D eigenvalue weighted by Crippen LogP contribution is 2.51. The summed E-state index contributed by atoms with van der Waals surface area (Å²) in [5.74, 6) is 0. The molecule has 4 heterocycles. The predicted octanol–water partition coefficient (Wildman–Crippen LogP) is 31.3. The lowest BCUT2D eigenvalue weighted by Gasteiger charge is -2.18. The maximum Gasteiger partial charge on any atom is 0.143 e. The van der Waals surface area contributed by atoms with Gasteiger partial charge in [0.15, 0.2) is 0 Å². The van der Waals surface area contributed by atoms with Gasteiger partial charge in [-0.15, -0.1) is 0 Å². The molecule has 0 saturated carbocycles. The van der Waals surface area contributed by atoms with Gasteiger partial charge in [0.2, 0.25) is 0 Å². The van der Waals surface area contributed by atoms with E-state index in [0.717, 1.165) is 98.9 Å². The van der Waals surface area contributed by atoms with E-state index >= 15 is 0 Å². The van der Waals surface area contributed by atoms with Crippen molar-refractivity contribution in [2.24, 2.45) is 0 Å². The summed E-state index contributed by atoms with van der Waals surface area (Å²) in [6, 6.07) is 134. The van der Waals surface area contributed by atoms with Crippen molar-refractivity contribution in [3.8, 4) is 66.8 Å². The average Bonchev–Trinajstić information content (AvgIpc) is 1.75. The molecule has 0 unspecified atom stereocenters. The molecule has 112 heavy (non-hydrogen) atoms. The quantitative estimate of drug-likeness (QED) is 0.156. The Morgan fingerprint density at radius 2 is 0.411 bits per heavy atom. The first-order chi connectivity index (χ1) is 55.4. The summed E-state index contributed by atoms with van der Waals surface area (Å²) in [6.07, 6.45) is 0. The molecule has 0 fully saturated rings. The van der Waals surface area contributed by atoms with Crippen molar-refractivity contribution in [3.63, 3.8) is 0 Å². The third-order valence-corrected chi connectivity index (χ3v) is 23.0. The second kappa shape index (κ2) is 26.1. The Balaban J connectivity index is 0.000000103. The second-order valence-electron chi connectivity index (χ2n) is 29.6. The Labute approximate surface area is 644 Å². The molecule has 0 aliphatic rings. The molecule has 0 N–H and O–H groups in total. The highest BCUT2D eigenvalue weighted by Gasteiger charge is 2.25. The molecule has 24 aromatic rings. The summed E-state index contributed by atoms with van der Waals surface area (Å²) >= 11 is 0. The Morgan fingerprint density at radius 3 is 0.777 bits per heavy atom. The number of hydrogen-bond acceptors (Lipinski definition) is 4. The summed E-state index contributed by atoms with van der Waals surface area (Å²) in [5, 5.41) is 26.6. The van der Waals surface area contributed by atoms with Gasteiger partial charge in [0.25, 0.3) is 0 Å². The van der Waals surface area contributed by atoms with Crippen LogP contribution in [-0.2, 0) is 0 Å². The fourth-order valence-corrected chi connectivity index (χ4v) is 18.3. The van der Waals surface area contributed by atoms with Gasteiger partial charge in [-0.3, -0.25) is 0 Å². The van der Waals surface area contributed by atoms with Crippen LogP contribution in [-0.4, -0.2) is 0 Å². The van der Waals surface area contributed by atoms with Crippen molar-refractivity contribution in [2.75, 3.05) is 0 Å². The van der Waals surface area contributed by atoms with Gasteiger partial charge in [-0.2, -0.15) is 0 Å². The topological polar surface area (TPSA) is 52.6 Å². The van der Waals surface area contributed by atoms with Crippen LogP contribution in [0, 0.1) is 13.8 Å². The standard InChI is InChI=1S/C38H22O2.C36H22O.C34H24O/c1-2-14-26-25(13-1)35(31-19-9-17-29-23-11-5-7-21-33(23)39-37(29)31)27-15-3-4-16-28(27)36(26)32-20-10-18-30-24-12-6-8-22-34(24)40-38(30)32;1-2-10-24-21-25(18-17-23(24)9-1)35-29-12-3-5-14-31(29)36(32-15-6-4-13-30(32)35)26-19-20-28-27-11-7-8-16-33(27)37-34(28)22-26;1-21-17-22(2)19-24(18-21)34-29-12-5-3-10-27(29)33(28-11-4-6-13-30(28)34)23-15-16-26-25-9-7-8-14-31(25)35-32(26)20-23/h1-22H;1-22H;3-20H,1-2H3. The molecule has 0 bridgehead atoms. The molecular formula is C108H68O4. The zero-order valence-electron chi connectivity index (χ0n) is 61.4. The van der Waals surface area contributed by atoms with Crippen molar-refractivity contribution >= 4 is 163 Å². The van der Waals surface area contributed by atoms with Crippen LogP contribution < -0.4 is 0 Å². The van der Waals surface area contributed by atoms with Crippen LogP contribution in [0.15, 0.2) is 394 Å². The maximum absolute atomic E-state index is 6.53. The average molecular weight is 1430 g/mol. The molecule has 24 rings (SSSR count). The Bertz CT molecular complexity index is 7630. The number of rotatable bonds is 6. The van der Waals surface area contributed by atoms with Crippen LogP contribution in [0.1, 0.15) is 11.1 Å². The summed E-state index contributed by atoms with van der Waals surface area (Å²) in [6.45, 7) is 4.36. The summed E-state index contributed by atoms with van der Waals surface area (Å²) in [7, 11) is 0. The van der Waals surface area contributed by atoms with E-state index in [0.29, 0.717) is 0 Å². The smallest absolute Gasteiger partial charge is 0.143 e. The van der Waals surface area contributed by atoms with Gasteiger partial charge in [-0.25, -0.2) is 0 Å². The highest BCUT2D eigenvalue weighted by molar-refractivity contribution is 6.28. The van der Waals surface area contributed by atoms with Gasteiger partial charge in [-0.05, 0) is 188 Å². The number of hydrogen-bond donors (Lipinski definition) is 0. The van der Waals surface area contributed by atoms with Crippen LogP contribution in [0.4, 0.5) is 0 Å². The van der Waals surface area contributed by atoms with Crippen LogP contribution in [0.5, 0.6) is 0 Å². The highest BCUT2D eigenvalue weighted by atomic mass is 16.3. The first-order valence-corrected chi connectivity index (χ1v) is 38.4. The molecular weight excluding hydrogens is 1360 g/mol. The van der Waals surface area contributed by atoms with E-state index in [1.165, 1.54) is 142 Å². The van der Waals surface area contributed by atoms with Crippen molar-refractivity contribution in [1.82, 2.24) is 0 Å². The normalized spacial score (nSPS) is 11.8. The molecule has 0 saturated heterocycles. The molecule has 0 aliphatic heterocycles. The van der Waals surface area contributed by atoms with Gasteiger partial charge < -0.3 is 17.7 Å². The minimum absolute atomic E-state index is 0.909. The molecule has 524 valence electrons. The molecule has 20 aromatic carbocycles. The molecule has 0 atom stereocenters. The van der Waals surface area contributed by atoms with Crippen molar-refractivity contribution < 1.29 is 17.7 Å². The van der Waals surface area contributed by atoms with Crippen molar-refractivity contribution in [1.29, 1.82) is 0 Å². The molecule has 0 aliphatic carbocycles. The third-order valence-electron chi connectivity index (χ3n) is 23.0. The minimum atomic E-state index is 0.909. The van der Waals surface area contributed by atoms with Crippen LogP contribution in [0.25, 0.3) is 230 Å². The molecule has 4 heteroatoms. The lowest BCUT2D eigenvalue weighted by atomic mass is 9.85. The third kappa shape index (κ3) is 10.4. The van der Waals surface area contributed by atoms with E-state index in [9.17, 15) is 0 Å². The number of fused-ring (bicyclic) bond motifs is 19. The summed E-state index contributed by atoms with van der Waals surface area (Å²) < 4.78 is 25.6. The van der Waals surface area contributed by atoms with Crippen LogP contribution in [0.2, 0.25) is 0 Å². The molecule has 0 amide bonds. The summed E-state index contributed by atoms with van der Waals surface area (Å²) in [5.41, 5.74) is 24.5. The Kier molecular flexibility index (Phi) is 15.0. The van der Waals surface area contributed by atoms with Gasteiger partial charge in [0, 0.05) is 65.3 Å². The lowest BCUT2D eigenvalue weighted by Crippen LogP contribution is -1.91. The SMILES string of the molecule is Cc1cc(C)cc(-c2c3ccccc3c(-c3ccc4c(c3)oc3ccccc34)c3ccccc23)c1.c1ccc2c(c1)oc1c(-c3c4ccccc4c(-c4cccc5c4oc4ccccc45)c4ccccc34)cccc12.c1ccc2cc(-c3c4ccccc4c(-c4ccc5c(c4)oc4ccccc45)c4ccccc34)ccc2c1. The maximum atomic E-state index is 6.53. The molecule has 0 spiro atoms. The van der Waals surface area contributed by atoms with Crippen LogP contribution >= 0.6 is 0 Å². The lowest BCUT2D eigenvalue weighted by molar-refractivity contribution is 0.668. The van der Waals surface area contributed by atoms with Gasteiger partial charge in [0.05, 0.1) is 0 Å². The van der Waals surface area contributed by atoms with E-state index in [-0.39, 0.29) is 0 Å². The van der Waals surface area contributed by atoms with E-state index in [4.69, 9.17) is 17.7 Å². The van der Waals surface area contributed by atoms with E-state index in [1.54, 1.807) is 0 Å².